The number of hydrogen-bond donors (Lipinski definition) is 1. The van der Waals surface area contributed by atoms with Gasteiger partial charge in [-0.3, -0.25) is 0 Å². The normalized spacial score (nSPS) is 19.2. The van der Waals surface area contributed by atoms with Gasteiger partial charge in [0.2, 0.25) is 0 Å². The van der Waals surface area contributed by atoms with Crippen LogP contribution in [0.2, 0.25) is 0 Å². The van der Waals surface area contributed by atoms with Crippen molar-refractivity contribution in [2.24, 2.45) is 5.92 Å². The molecule has 1 fully saturated rings. The van der Waals surface area contributed by atoms with E-state index >= 15 is 0 Å². The van der Waals surface area contributed by atoms with Crippen LogP contribution in [-0.2, 0) is 11.3 Å². The monoisotopic (exact) mass is 235 g/mol. The minimum Gasteiger partial charge on any atom is -0.465 e. The molecule has 4 heteroatoms. The van der Waals surface area contributed by atoms with E-state index in [9.17, 15) is 9.90 Å². The van der Waals surface area contributed by atoms with Gasteiger partial charge in [0.05, 0.1) is 6.61 Å². The van der Waals surface area contributed by atoms with Gasteiger partial charge in [-0.2, -0.15) is 0 Å². The van der Waals surface area contributed by atoms with E-state index < -0.39 is 6.09 Å². The lowest BCUT2D eigenvalue weighted by Crippen LogP contribution is -2.33. The van der Waals surface area contributed by atoms with Crippen LogP contribution in [0.1, 0.15) is 12.0 Å². The van der Waals surface area contributed by atoms with Gasteiger partial charge in [-0.1, -0.05) is 30.3 Å². The molecule has 1 aliphatic heterocycles. The van der Waals surface area contributed by atoms with E-state index in [0.29, 0.717) is 25.6 Å². The minimum atomic E-state index is -0.860. The van der Waals surface area contributed by atoms with E-state index in [1.54, 1.807) is 0 Å². The van der Waals surface area contributed by atoms with E-state index in [2.05, 4.69) is 0 Å². The summed E-state index contributed by atoms with van der Waals surface area (Å²) in [5, 5.41) is 9.18. The third-order valence-corrected chi connectivity index (χ3v) is 2.99. The first-order chi connectivity index (χ1) is 8.25. The average Bonchev–Trinajstić information content (AvgIpc) is 2.82. The Labute approximate surface area is 101 Å². The van der Waals surface area contributed by atoms with Crippen molar-refractivity contribution in [3.63, 3.8) is 0 Å². The van der Waals surface area contributed by atoms with Gasteiger partial charge in [-0.15, -0.1) is 0 Å². The first kappa shape index (κ1) is 11.9. The summed E-state index contributed by atoms with van der Waals surface area (Å²) in [5.41, 5.74) is 1.02. The first-order valence-corrected chi connectivity index (χ1v) is 5.85. The van der Waals surface area contributed by atoms with Crippen LogP contribution in [0, 0.1) is 5.92 Å². The number of carboxylic acid groups (broad SMARTS) is 1. The van der Waals surface area contributed by atoms with Crippen molar-refractivity contribution in [2.45, 2.75) is 13.0 Å². The van der Waals surface area contributed by atoms with Crippen molar-refractivity contribution in [2.75, 3.05) is 19.8 Å². The fraction of sp³-hybridized carbons (Fsp3) is 0.462. The maximum absolute atomic E-state index is 11.2. The highest BCUT2D eigenvalue weighted by Gasteiger charge is 2.22. The molecule has 1 aromatic rings. The molecular weight excluding hydrogens is 218 g/mol. The Balaban J connectivity index is 1.95. The van der Waals surface area contributed by atoms with Gasteiger partial charge in [-0.25, -0.2) is 4.79 Å². The van der Waals surface area contributed by atoms with E-state index in [4.69, 9.17) is 4.74 Å². The summed E-state index contributed by atoms with van der Waals surface area (Å²) >= 11 is 0. The van der Waals surface area contributed by atoms with Crippen LogP contribution < -0.4 is 0 Å². The average molecular weight is 235 g/mol. The maximum atomic E-state index is 11.2. The van der Waals surface area contributed by atoms with Crippen LogP contribution >= 0.6 is 0 Å². The largest absolute Gasteiger partial charge is 0.465 e. The van der Waals surface area contributed by atoms with Crippen LogP contribution in [0.25, 0.3) is 0 Å². The molecule has 1 aromatic carbocycles. The number of amides is 1. The molecule has 17 heavy (non-hydrogen) atoms. The van der Waals surface area contributed by atoms with Crippen LogP contribution in [0.3, 0.4) is 0 Å². The Morgan fingerprint density at radius 1 is 1.41 bits per heavy atom. The quantitative estimate of drug-likeness (QED) is 0.870. The predicted molar refractivity (Wildman–Crippen MR) is 63.8 cm³/mol. The van der Waals surface area contributed by atoms with Gasteiger partial charge in [0.25, 0.3) is 0 Å². The van der Waals surface area contributed by atoms with Gasteiger partial charge < -0.3 is 14.7 Å². The smallest absolute Gasteiger partial charge is 0.407 e. The van der Waals surface area contributed by atoms with E-state index in [1.165, 1.54) is 4.90 Å². The zero-order chi connectivity index (χ0) is 12.1. The summed E-state index contributed by atoms with van der Waals surface area (Å²) in [7, 11) is 0. The van der Waals surface area contributed by atoms with Crippen LogP contribution in [-0.4, -0.2) is 35.9 Å². The second-order valence-electron chi connectivity index (χ2n) is 4.38. The Bertz CT molecular complexity index is 360. The molecule has 2 rings (SSSR count). The molecule has 0 aliphatic carbocycles. The molecule has 4 nitrogen and oxygen atoms in total. The number of benzene rings is 1. The topological polar surface area (TPSA) is 49.8 Å². The molecule has 0 saturated carbocycles. The maximum Gasteiger partial charge on any atom is 0.407 e. The molecular formula is C13H17NO3. The summed E-state index contributed by atoms with van der Waals surface area (Å²) in [6.45, 7) is 2.44. The molecule has 1 unspecified atom stereocenters. The third kappa shape index (κ3) is 3.46. The second kappa shape index (κ2) is 5.68. The van der Waals surface area contributed by atoms with E-state index in [1.807, 2.05) is 30.3 Å². The van der Waals surface area contributed by atoms with Gasteiger partial charge in [0.15, 0.2) is 0 Å². The molecule has 1 atom stereocenters. The molecule has 1 heterocycles. The van der Waals surface area contributed by atoms with Crippen molar-refractivity contribution < 1.29 is 14.6 Å². The molecule has 0 radical (unpaired) electrons. The predicted octanol–water partition coefficient (Wildman–Crippen LogP) is 2.20. The summed E-state index contributed by atoms with van der Waals surface area (Å²) in [5.74, 6) is 0.342. The number of carbonyl (C=O) groups is 1. The molecule has 0 aromatic heterocycles. The number of ether oxygens (including phenoxy) is 1. The minimum absolute atomic E-state index is 0.342. The van der Waals surface area contributed by atoms with Crippen molar-refractivity contribution >= 4 is 6.09 Å². The van der Waals surface area contributed by atoms with Crippen LogP contribution in [0.15, 0.2) is 30.3 Å². The summed E-state index contributed by atoms with van der Waals surface area (Å²) < 4.78 is 5.27. The van der Waals surface area contributed by atoms with Gasteiger partial charge in [0.1, 0.15) is 0 Å². The zero-order valence-electron chi connectivity index (χ0n) is 9.71. The summed E-state index contributed by atoms with van der Waals surface area (Å²) in [6.07, 6.45) is 0.0965. The van der Waals surface area contributed by atoms with E-state index in [0.717, 1.165) is 18.6 Å². The van der Waals surface area contributed by atoms with Gasteiger partial charge in [-0.05, 0) is 12.0 Å². The van der Waals surface area contributed by atoms with Crippen molar-refractivity contribution in [1.82, 2.24) is 4.90 Å². The molecule has 1 aliphatic rings. The number of nitrogens with zero attached hydrogens (tertiary/aromatic N) is 1. The van der Waals surface area contributed by atoms with Crippen LogP contribution in [0.4, 0.5) is 4.79 Å². The lowest BCUT2D eigenvalue weighted by atomic mass is 10.1. The van der Waals surface area contributed by atoms with Crippen molar-refractivity contribution in [1.29, 1.82) is 0 Å². The molecule has 92 valence electrons. The Morgan fingerprint density at radius 2 is 2.18 bits per heavy atom. The van der Waals surface area contributed by atoms with Gasteiger partial charge in [0, 0.05) is 25.6 Å². The fourth-order valence-electron chi connectivity index (χ4n) is 2.05. The Kier molecular flexibility index (Phi) is 3.98. The molecule has 0 spiro atoms. The lowest BCUT2D eigenvalue weighted by molar-refractivity contribution is 0.127. The van der Waals surface area contributed by atoms with Crippen LogP contribution in [0.5, 0.6) is 0 Å². The van der Waals surface area contributed by atoms with E-state index in [-0.39, 0.29) is 0 Å². The summed E-state index contributed by atoms with van der Waals surface area (Å²) in [6, 6.07) is 9.67. The Morgan fingerprint density at radius 3 is 2.76 bits per heavy atom. The molecule has 1 N–H and O–H groups in total. The fourth-order valence-corrected chi connectivity index (χ4v) is 2.05. The molecule has 1 saturated heterocycles. The standard InChI is InChI=1S/C13H17NO3/c15-13(16)14(9-12-6-7-17-10-12)8-11-4-2-1-3-5-11/h1-5,12H,6-10H2,(H,15,16). The summed E-state index contributed by atoms with van der Waals surface area (Å²) in [4.78, 5) is 12.6. The highest BCUT2D eigenvalue weighted by atomic mass is 16.5. The number of rotatable bonds is 4. The Hall–Kier alpha value is -1.55. The third-order valence-electron chi connectivity index (χ3n) is 2.99. The van der Waals surface area contributed by atoms with Gasteiger partial charge >= 0.3 is 6.09 Å². The molecule has 1 amide bonds. The zero-order valence-corrected chi connectivity index (χ0v) is 9.71. The second-order valence-corrected chi connectivity index (χ2v) is 4.38. The van der Waals surface area contributed by atoms with Crippen molar-refractivity contribution in [3.8, 4) is 0 Å². The highest BCUT2D eigenvalue weighted by molar-refractivity contribution is 5.65. The number of hydrogen-bond acceptors (Lipinski definition) is 2. The van der Waals surface area contributed by atoms with Crippen molar-refractivity contribution in [3.05, 3.63) is 35.9 Å². The first-order valence-electron chi connectivity index (χ1n) is 5.85. The highest BCUT2D eigenvalue weighted by Crippen LogP contribution is 2.15. The SMILES string of the molecule is O=C(O)N(Cc1ccccc1)CC1CCOC1. The lowest BCUT2D eigenvalue weighted by Gasteiger charge is -2.22. The molecule has 0 bridgehead atoms.